The van der Waals surface area contributed by atoms with Gasteiger partial charge in [0.1, 0.15) is 0 Å². The van der Waals surface area contributed by atoms with Crippen LogP contribution in [0, 0.1) is 5.92 Å². The Morgan fingerprint density at radius 2 is 2.44 bits per heavy atom. The molecule has 2 nitrogen and oxygen atoms in total. The van der Waals surface area contributed by atoms with Crippen LogP contribution in [0.1, 0.15) is 19.8 Å². The first-order valence-electron chi connectivity index (χ1n) is 3.36. The average molecular weight is 127 g/mol. The third-order valence-electron chi connectivity index (χ3n) is 1.96. The number of allylic oxidation sites excluding steroid dienone is 1. The van der Waals surface area contributed by atoms with Gasteiger partial charge in [0, 0.05) is 12.0 Å². The molecule has 0 bridgehead atoms. The predicted molar refractivity (Wildman–Crippen MR) is 37.1 cm³/mol. The van der Waals surface area contributed by atoms with E-state index in [9.17, 15) is 0 Å². The molecule has 0 aromatic carbocycles. The van der Waals surface area contributed by atoms with E-state index in [1.54, 1.807) is 0 Å². The second-order valence-corrected chi connectivity index (χ2v) is 2.66. The molecule has 0 saturated heterocycles. The highest BCUT2D eigenvalue weighted by Crippen LogP contribution is 2.20. The largest absolute Gasteiger partial charge is 0.512 e. The average Bonchev–Trinajstić information content (AvgIpc) is 1.83. The maximum absolute atomic E-state index is 9.13. The van der Waals surface area contributed by atoms with Gasteiger partial charge in [-0.1, -0.05) is 6.92 Å². The van der Waals surface area contributed by atoms with Crippen LogP contribution in [0.4, 0.5) is 0 Å². The summed E-state index contributed by atoms with van der Waals surface area (Å²) in [6.07, 6.45) is 3.79. The van der Waals surface area contributed by atoms with Gasteiger partial charge in [0.15, 0.2) is 0 Å². The SMILES string of the molecule is C[C@H]1C(O)=CCC[C@@H]1N. The maximum Gasteiger partial charge on any atom is 0.0926 e. The molecule has 9 heavy (non-hydrogen) atoms. The van der Waals surface area contributed by atoms with Crippen molar-refractivity contribution in [3.05, 3.63) is 11.8 Å². The first kappa shape index (κ1) is 6.62. The summed E-state index contributed by atoms with van der Waals surface area (Å²) in [6, 6.07) is 0.162. The van der Waals surface area contributed by atoms with Gasteiger partial charge in [-0.2, -0.15) is 0 Å². The van der Waals surface area contributed by atoms with Crippen molar-refractivity contribution in [2.24, 2.45) is 11.7 Å². The van der Waals surface area contributed by atoms with Gasteiger partial charge >= 0.3 is 0 Å². The minimum atomic E-state index is 0.162. The highest BCUT2D eigenvalue weighted by molar-refractivity contribution is 5.03. The standard InChI is InChI=1S/C7H13NO/c1-5-6(8)3-2-4-7(5)9/h4-6,9H,2-3,8H2,1H3/t5-,6+/m1/s1. The second-order valence-electron chi connectivity index (χ2n) is 2.66. The van der Waals surface area contributed by atoms with Gasteiger partial charge in [0.25, 0.3) is 0 Å². The molecule has 1 rings (SSSR count). The molecule has 0 aliphatic heterocycles. The molecule has 1 aliphatic rings. The third kappa shape index (κ3) is 1.24. The van der Waals surface area contributed by atoms with Crippen molar-refractivity contribution in [1.29, 1.82) is 0 Å². The van der Waals surface area contributed by atoms with E-state index in [0.717, 1.165) is 12.8 Å². The fourth-order valence-electron chi connectivity index (χ4n) is 1.08. The van der Waals surface area contributed by atoms with Crippen LogP contribution in [-0.2, 0) is 0 Å². The Kier molecular flexibility index (Phi) is 1.76. The molecule has 0 fully saturated rings. The lowest BCUT2D eigenvalue weighted by molar-refractivity contribution is 0.290. The summed E-state index contributed by atoms with van der Waals surface area (Å²) in [5.41, 5.74) is 5.67. The molecular weight excluding hydrogens is 114 g/mol. The number of nitrogens with two attached hydrogens (primary N) is 1. The molecule has 3 N–H and O–H groups in total. The van der Waals surface area contributed by atoms with E-state index >= 15 is 0 Å². The summed E-state index contributed by atoms with van der Waals surface area (Å²) in [7, 11) is 0. The monoisotopic (exact) mass is 127 g/mol. The number of aliphatic hydroxyl groups excluding tert-OH is 1. The van der Waals surface area contributed by atoms with Crippen LogP contribution in [-0.4, -0.2) is 11.1 Å². The molecular formula is C7H13NO. The number of hydrogen-bond donors (Lipinski definition) is 2. The molecule has 0 aromatic rings. The van der Waals surface area contributed by atoms with Gasteiger partial charge in [-0.15, -0.1) is 0 Å². The lowest BCUT2D eigenvalue weighted by Crippen LogP contribution is -2.31. The summed E-state index contributed by atoms with van der Waals surface area (Å²) in [5.74, 6) is 0.632. The first-order chi connectivity index (χ1) is 4.22. The molecule has 0 saturated carbocycles. The molecule has 0 spiro atoms. The van der Waals surface area contributed by atoms with Crippen LogP contribution in [0.3, 0.4) is 0 Å². The zero-order valence-corrected chi connectivity index (χ0v) is 5.67. The van der Waals surface area contributed by atoms with E-state index < -0.39 is 0 Å². The summed E-state index contributed by atoms with van der Waals surface area (Å²) in [5, 5.41) is 9.13. The van der Waals surface area contributed by atoms with Gasteiger partial charge in [-0.05, 0) is 18.9 Å². The Hall–Kier alpha value is -0.500. The molecule has 0 unspecified atom stereocenters. The third-order valence-corrected chi connectivity index (χ3v) is 1.96. The molecule has 0 aromatic heterocycles. The van der Waals surface area contributed by atoms with E-state index in [4.69, 9.17) is 10.8 Å². The van der Waals surface area contributed by atoms with Gasteiger partial charge in [0.2, 0.25) is 0 Å². The molecule has 0 amide bonds. The molecule has 2 atom stereocenters. The fraction of sp³-hybridized carbons (Fsp3) is 0.714. The van der Waals surface area contributed by atoms with Crippen molar-refractivity contribution >= 4 is 0 Å². The number of aliphatic hydroxyl groups is 1. The van der Waals surface area contributed by atoms with Crippen LogP contribution in [0.5, 0.6) is 0 Å². The van der Waals surface area contributed by atoms with Crippen molar-refractivity contribution in [3.63, 3.8) is 0 Å². The smallest absolute Gasteiger partial charge is 0.0926 e. The molecule has 0 radical (unpaired) electrons. The van der Waals surface area contributed by atoms with Crippen molar-refractivity contribution in [2.75, 3.05) is 0 Å². The maximum atomic E-state index is 9.13. The predicted octanol–water partition coefficient (Wildman–Crippen LogP) is 1.19. The summed E-state index contributed by atoms with van der Waals surface area (Å²) in [4.78, 5) is 0. The van der Waals surface area contributed by atoms with E-state index in [2.05, 4.69) is 0 Å². The summed E-state index contributed by atoms with van der Waals surface area (Å²) < 4.78 is 0. The minimum Gasteiger partial charge on any atom is -0.512 e. The lowest BCUT2D eigenvalue weighted by atomic mass is 9.91. The van der Waals surface area contributed by atoms with E-state index in [0.29, 0.717) is 5.76 Å². The summed E-state index contributed by atoms with van der Waals surface area (Å²) >= 11 is 0. The Morgan fingerprint density at radius 3 is 2.89 bits per heavy atom. The zero-order chi connectivity index (χ0) is 6.85. The number of hydrogen-bond acceptors (Lipinski definition) is 2. The summed E-state index contributed by atoms with van der Waals surface area (Å²) in [6.45, 7) is 1.95. The van der Waals surface area contributed by atoms with Crippen molar-refractivity contribution in [3.8, 4) is 0 Å². The molecule has 52 valence electrons. The molecule has 1 aliphatic carbocycles. The molecule has 0 heterocycles. The Labute approximate surface area is 55.4 Å². The highest BCUT2D eigenvalue weighted by Gasteiger charge is 2.19. The van der Waals surface area contributed by atoms with Gasteiger partial charge in [0.05, 0.1) is 5.76 Å². The molecule has 2 heteroatoms. The second kappa shape index (κ2) is 2.40. The van der Waals surface area contributed by atoms with Crippen molar-refractivity contribution < 1.29 is 5.11 Å². The van der Waals surface area contributed by atoms with Crippen molar-refractivity contribution in [1.82, 2.24) is 0 Å². The van der Waals surface area contributed by atoms with E-state index in [1.807, 2.05) is 13.0 Å². The topological polar surface area (TPSA) is 46.2 Å². The highest BCUT2D eigenvalue weighted by atomic mass is 16.3. The van der Waals surface area contributed by atoms with E-state index in [-0.39, 0.29) is 12.0 Å². The Morgan fingerprint density at radius 1 is 1.78 bits per heavy atom. The van der Waals surface area contributed by atoms with Crippen molar-refractivity contribution in [2.45, 2.75) is 25.8 Å². The van der Waals surface area contributed by atoms with Crippen LogP contribution in [0.2, 0.25) is 0 Å². The van der Waals surface area contributed by atoms with Gasteiger partial charge < -0.3 is 10.8 Å². The fourth-order valence-corrected chi connectivity index (χ4v) is 1.08. The quantitative estimate of drug-likeness (QED) is 0.513. The van der Waals surface area contributed by atoms with Crippen LogP contribution in [0.25, 0.3) is 0 Å². The van der Waals surface area contributed by atoms with Gasteiger partial charge in [-0.25, -0.2) is 0 Å². The lowest BCUT2D eigenvalue weighted by Gasteiger charge is -2.22. The minimum absolute atomic E-state index is 0.162. The zero-order valence-electron chi connectivity index (χ0n) is 5.67. The van der Waals surface area contributed by atoms with Crippen LogP contribution in [0.15, 0.2) is 11.8 Å². The Balaban J connectivity index is 2.62. The Bertz CT molecular complexity index is 131. The van der Waals surface area contributed by atoms with E-state index in [1.165, 1.54) is 0 Å². The normalized spacial score (nSPS) is 36.0. The number of rotatable bonds is 0. The van der Waals surface area contributed by atoms with Crippen LogP contribution < -0.4 is 5.73 Å². The van der Waals surface area contributed by atoms with Gasteiger partial charge in [-0.3, -0.25) is 0 Å². The first-order valence-corrected chi connectivity index (χ1v) is 3.36. The van der Waals surface area contributed by atoms with Crippen LogP contribution >= 0.6 is 0 Å².